The molecule has 0 atom stereocenters. The van der Waals surface area contributed by atoms with Crippen LogP contribution in [0, 0.1) is 0 Å². The van der Waals surface area contributed by atoms with Crippen molar-refractivity contribution in [3.8, 4) is 0 Å². The summed E-state index contributed by atoms with van der Waals surface area (Å²) in [7, 11) is -2.52. The summed E-state index contributed by atoms with van der Waals surface area (Å²) in [6.07, 6.45) is 4.33. The van der Waals surface area contributed by atoms with E-state index in [1.54, 1.807) is 11.8 Å². The number of thioether (sulfide) groups is 1. The van der Waals surface area contributed by atoms with Crippen molar-refractivity contribution in [3.63, 3.8) is 0 Å². The lowest BCUT2D eigenvalue weighted by molar-refractivity contribution is 0.0705. The van der Waals surface area contributed by atoms with Gasteiger partial charge in [0.1, 0.15) is 0 Å². The van der Waals surface area contributed by atoms with E-state index in [2.05, 4.69) is 22.4 Å². The molecule has 1 aromatic rings. The number of hydrogen-bond acceptors (Lipinski definition) is 7. The predicted octanol–water partition coefficient (Wildman–Crippen LogP) is 3.39. The summed E-state index contributed by atoms with van der Waals surface area (Å²) in [5, 5.41) is 12.9. The Morgan fingerprint density at radius 3 is 2.21 bits per heavy atom. The molecule has 0 N–H and O–H groups in total. The molecule has 0 spiro atoms. The summed E-state index contributed by atoms with van der Waals surface area (Å²) in [5.74, 6) is 1.06. The van der Waals surface area contributed by atoms with Crippen LogP contribution >= 0.6 is 11.8 Å². The van der Waals surface area contributed by atoms with E-state index >= 15 is 0 Å². The molecule has 0 aliphatic carbocycles. The second-order valence-electron chi connectivity index (χ2n) is 5.33. The van der Waals surface area contributed by atoms with E-state index in [0.29, 0.717) is 19.8 Å². The summed E-state index contributed by atoms with van der Waals surface area (Å²) < 4.78 is 19.5. The minimum atomic E-state index is -2.52. The van der Waals surface area contributed by atoms with Gasteiger partial charge in [-0.25, -0.2) is 4.68 Å². The van der Waals surface area contributed by atoms with Crippen LogP contribution in [0.4, 0.5) is 0 Å². The normalized spacial score (nSPS) is 12.0. The second kappa shape index (κ2) is 12.8. The highest BCUT2D eigenvalue weighted by atomic mass is 32.2. The highest BCUT2D eigenvalue weighted by Crippen LogP contribution is 2.20. The van der Waals surface area contributed by atoms with Crippen molar-refractivity contribution in [2.45, 2.75) is 71.1 Å². The molecule has 24 heavy (non-hydrogen) atoms. The molecule has 0 saturated heterocycles. The topological polar surface area (TPSA) is 71.3 Å². The molecule has 1 rings (SSSR count). The first-order valence-electron chi connectivity index (χ1n) is 9.02. The van der Waals surface area contributed by atoms with E-state index in [9.17, 15) is 0 Å². The average Bonchev–Trinajstić information content (AvgIpc) is 3.00. The Labute approximate surface area is 151 Å². The maximum atomic E-state index is 5.88. The van der Waals surface area contributed by atoms with Crippen molar-refractivity contribution < 1.29 is 13.3 Å². The van der Waals surface area contributed by atoms with E-state index in [1.807, 2.05) is 25.5 Å². The predicted molar refractivity (Wildman–Crippen MR) is 98.1 cm³/mol. The van der Waals surface area contributed by atoms with Gasteiger partial charge in [-0.05, 0) is 50.5 Å². The van der Waals surface area contributed by atoms with E-state index in [1.165, 1.54) is 12.8 Å². The Balaban J connectivity index is 2.43. The molecule has 0 unspecified atom stereocenters. The smallest absolute Gasteiger partial charge is 0.374 e. The van der Waals surface area contributed by atoms with E-state index in [0.717, 1.165) is 36.3 Å². The Bertz CT molecular complexity index is 420. The molecule has 0 aliphatic heterocycles. The van der Waals surface area contributed by atoms with Gasteiger partial charge in [-0.1, -0.05) is 25.1 Å². The van der Waals surface area contributed by atoms with Crippen molar-refractivity contribution in [3.05, 3.63) is 0 Å². The van der Waals surface area contributed by atoms with Gasteiger partial charge < -0.3 is 13.3 Å². The lowest BCUT2D eigenvalue weighted by atomic mass is 10.3. The summed E-state index contributed by atoms with van der Waals surface area (Å²) in [4.78, 5) is 0. The lowest BCUT2D eigenvalue weighted by Gasteiger charge is -2.28. The number of tetrazole rings is 1. The molecule has 0 aromatic carbocycles. The fourth-order valence-electron chi connectivity index (χ4n) is 2.35. The fraction of sp³-hybridized carbons (Fsp3) is 0.933. The minimum Gasteiger partial charge on any atom is -0.374 e. The molecule has 0 bridgehead atoms. The zero-order valence-electron chi connectivity index (χ0n) is 15.5. The van der Waals surface area contributed by atoms with Crippen LogP contribution < -0.4 is 0 Å². The van der Waals surface area contributed by atoms with Crippen LogP contribution in [0.3, 0.4) is 0 Å². The van der Waals surface area contributed by atoms with Crippen molar-refractivity contribution in [1.82, 2.24) is 20.2 Å². The van der Waals surface area contributed by atoms with E-state index in [4.69, 9.17) is 13.3 Å². The molecule has 0 saturated carbocycles. The van der Waals surface area contributed by atoms with Crippen LogP contribution in [0.25, 0.3) is 0 Å². The molecule has 0 radical (unpaired) electrons. The second-order valence-corrected chi connectivity index (χ2v) is 9.12. The Hall–Kier alpha value is -0.483. The SMILES string of the molecule is CCCCSc1nnnn1CCCC[Si](OCC)(OCC)OCC. The van der Waals surface area contributed by atoms with Crippen LogP contribution in [0.5, 0.6) is 0 Å². The molecule has 0 fully saturated rings. The zero-order chi connectivity index (χ0) is 17.7. The number of hydrogen-bond donors (Lipinski definition) is 0. The third-order valence-electron chi connectivity index (χ3n) is 3.42. The fourth-order valence-corrected chi connectivity index (χ4v) is 6.02. The van der Waals surface area contributed by atoms with Gasteiger partial charge in [0.05, 0.1) is 0 Å². The maximum absolute atomic E-state index is 5.88. The standard InChI is InChI=1S/C15H32N4O3SSi/c1-5-9-13-23-15-16-17-18-19(15)12-10-11-14-24(20-6-2,21-7-3)22-8-4/h5-14H2,1-4H3. The largest absolute Gasteiger partial charge is 0.500 e. The average molecular weight is 377 g/mol. The minimum absolute atomic E-state index is 0.622. The summed E-state index contributed by atoms with van der Waals surface area (Å²) in [6, 6.07) is 0.836. The van der Waals surface area contributed by atoms with E-state index in [-0.39, 0.29) is 0 Å². The molecular formula is C15H32N4O3SSi. The van der Waals surface area contributed by atoms with Crippen molar-refractivity contribution in [2.24, 2.45) is 0 Å². The molecule has 0 aliphatic rings. The summed E-state index contributed by atoms with van der Waals surface area (Å²) in [5.41, 5.74) is 0. The van der Waals surface area contributed by atoms with Gasteiger partial charge in [0, 0.05) is 38.2 Å². The van der Waals surface area contributed by atoms with Gasteiger partial charge in [0.25, 0.3) is 0 Å². The first-order valence-corrected chi connectivity index (χ1v) is 11.9. The van der Waals surface area contributed by atoms with Gasteiger partial charge in [0.15, 0.2) is 0 Å². The summed E-state index contributed by atoms with van der Waals surface area (Å²) in [6.45, 7) is 10.8. The third kappa shape index (κ3) is 7.60. The van der Waals surface area contributed by atoms with Crippen molar-refractivity contribution in [1.29, 1.82) is 0 Å². The van der Waals surface area contributed by atoms with Crippen LogP contribution in [0.1, 0.15) is 53.4 Å². The van der Waals surface area contributed by atoms with Gasteiger partial charge in [-0.15, -0.1) is 5.10 Å². The number of nitrogens with zero attached hydrogens (tertiary/aromatic N) is 4. The molecule has 1 aromatic heterocycles. The quantitative estimate of drug-likeness (QED) is 0.264. The number of unbranched alkanes of at least 4 members (excludes halogenated alkanes) is 2. The maximum Gasteiger partial charge on any atom is 0.500 e. The molecule has 1 heterocycles. The molecule has 7 nitrogen and oxygen atoms in total. The van der Waals surface area contributed by atoms with Gasteiger partial charge in [0.2, 0.25) is 5.16 Å². The van der Waals surface area contributed by atoms with Gasteiger partial charge in [-0.3, -0.25) is 0 Å². The molecule has 140 valence electrons. The number of aryl methyl sites for hydroxylation is 1. The van der Waals surface area contributed by atoms with E-state index < -0.39 is 8.80 Å². The lowest BCUT2D eigenvalue weighted by Crippen LogP contribution is -2.45. The number of aromatic nitrogens is 4. The Morgan fingerprint density at radius 2 is 1.62 bits per heavy atom. The summed E-state index contributed by atoms with van der Waals surface area (Å²) >= 11 is 1.73. The van der Waals surface area contributed by atoms with Crippen LogP contribution in [-0.4, -0.2) is 54.6 Å². The monoisotopic (exact) mass is 376 g/mol. The van der Waals surface area contributed by atoms with Crippen LogP contribution in [0.2, 0.25) is 6.04 Å². The molecule has 9 heteroatoms. The van der Waals surface area contributed by atoms with Crippen LogP contribution in [0.15, 0.2) is 5.16 Å². The highest BCUT2D eigenvalue weighted by Gasteiger charge is 2.39. The first-order chi connectivity index (χ1) is 11.7. The van der Waals surface area contributed by atoms with Crippen LogP contribution in [-0.2, 0) is 19.8 Å². The highest BCUT2D eigenvalue weighted by molar-refractivity contribution is 7.99. The Morgan fingerprint density at radius 1 is 0.958 bits per heavy atom. The number of rotatable bonds is 15. The third-order valence-corrected chi connectivity index (χ3v) is 7.62. The zero-order valence-corrected chi connectivity index (χ0v) is 17.3. The first kappa shape index (κ1) is 21.6. The van der Waals surface area contributed by atoms with Crippen molar-refractivity contribution >= 4 is 20.6 Å². The van der Waals surface area contributed by atoms with Gasteiger partial charge >= 0.3 is 8.80 Å². The molecule has 0 amide bonds. The van der Waals surface area contributed by atoms with Crippen molar-refractivity contribution in [2.75, 3.05) is 25.6 Å². The molecular weight excluding hydrogens is 344 g/mol. The van der Waals surface area contributed by atoms with Gasteiger partial charge in [-0.2, -0.15) is 0 Å². The Kier molecular flexibility index (Phi) is 11.5.